The molecule has 0 spiro atoms. The second kappa shape index (κ2) is 5.73. The monoisotopic (exact) mass is 310 g/mol. The van der Waals surface area contributed by atoms with Gasteiger partial charge in [0.25, 0.3) is 0 Å². The van der Waals surface area contributed by atoms with Gasteiger partial charge in [0.2, 0.25) is 0 Å². The topological polar surface area (TPSA) is 54.4 Å². The molecule has 3 unspecified atom stereocenters. The number of benzene rings is 1. The largest absolute Gasteiger partial charge is 0.385 e. The molecule has 0 heterocycles. The van der Waals surface area contributed by atoms with Crippen molar-refractivity contribution in [3.63, 3.8) is 0 Å². The van der Waals surface area contributed by atoms with Crippen molar-refractivity contribution < 1.29 is 13.5 Å². The minimum Gasteiger partial charge on any atom is -0.385 e. The SMILES string of the molecule is Cc1cc(C)cc(C(C)(O)C2CCCC(S(C)(=O)=O)C2)c1. The average molecular weight is 310 g/mol. The molecule has 21 heavy (non-hydrogen) atoms. The van der Waals surface area contributed by atoms with Gasteiger partial charge in [0.1, 0.15) is 9.84 Å². The van der Waals surface area contributed by atoms with Crippen LogP contribution in [0, 0.1) is 19.8 Å². The van der Waals surface area contributed by atoms with Crippen LogP contribution in [0.2, 0.25) is 0 Å². The molecule has 1 saturated carbocycles. The molecule has 0 bridgehead atoms. The summed E-state index contributed by atoms with van der Waals surface area (Å²) in [5.41, 5.74) is 2.18. The first kappa shape index (κ1) is 16.5. The Balaban J connectivity index is 2.30. The molecule has 0 amide bonds. The van der Waals surface area contributed by atoms with E-state index in [2.05, 4.69) is 6.07 Å². The van der Waals surface area contributed by atoms with E-state index in [9.17, 15) is 13.5 Å². The molecule has 2 rings (SSSR count). The molecule has 0 aliphatic heterocycles. The lowest BCUT2D eigenvalue weighted by Crippen LogP contribution is -2.39. The van der Waals surface area contributed by atoms with Crippen molar-refractivity contribution >= 4 is 9.84 Å². The van der Waals surface area contributed by atoms with Crippen LogP contribution in [0.15, 0.2) is 18.2 Å². The quantitative estimate of drug-likeness (QED) is 0.933. The van der Waals surface area contributed by atoms with Gasteiger partial charge in [-0.1, -0.05) is 35.7 Å². The van der Waals surface area contributed by atoms with Crippen LogP contribution in [0.1, 0.15) is 49.3 Å². The summed E-state index contributed by atoms with van der Waals surface area (Å²) >= 11 is 0. The smallest absolute Gasteiger partial charge is 0.150 e. The minimum absolute atomic E-state index is 0.00725. The molecule has 1 aromatic carbocycles. The van der Waals surface area contributed by atoms with Crippen molar-refractivity contribution in [2.24, 2.45) is 5.92 Å². The van der Waals surface area contributed by atoms with E-state index in [0.717, 1.165) is 36.0 Å². The summed E-state index contributed by atoms with van der Waals surface area (Å²) in [6.07, 6.45) is 4.33. The van der Waals surface area contributed by atoms with Gasteiger partial charge in [-0.2, -0.15) is 0 Å². The molecule has 0 radical (unpaired) electrons. The number of rotatable bonds is 3. The predicted octanol–water partition coefficient (Wildman–Crippen LogP) is 3.11. The minimum atomic E-state index is -3.03. The van der Waals surface area contributed by atoms with E-state index >= 15 is 0 Å². The van der Waals surface area contributed by atoms with E-state index in [1.54, 1.807) is 0 Å². The Labute approximate surface area is 128 Å². The summed E-state index contributed by atoms with van der Waals surface area (Å²) in [4.78, 5) is 0. The summed E-state index contributed by atoms with van der Waals surface area (Å²) in [6, 6.07) is 6.11. The van der Waals surface area contributed by atoms with Crippen molar-refractivity contribution in [1.82, 2.24) is 0 Å². The van der Waals surface area contributed by atoms with Crippen LogP contribution in [0.3, 0.4) is 0 Å². The van der Waals surface area contributed by atoms with E-state index in [0.29, 0.717) is 6.42 Å². The number of sulfone groups is 1. The second-order valence-electron chi connectivity index (χ2n) is 6.84. The summed E-state index contributed by atoms with van der Waals surface area (Å²) in [5, 5.41) is 10.7. The van der Waals surface area contributed by atoms with Gasteiger partial charge >= 0.3 is 0 Å². The van der Waals surface area contributed by atoms with E-state index in [4.69, 9.17) is 0 Å². The highest BCUT2D eigenvalue weighted by Crippen LogP contribution is 2.41. The molecule has 1 aliphatic carbocycles. The molecule has 1 aliphatic rings. The van der Waals surface area contributed by atoms with E-state index < -0.39 is 15.4 Å². The molecule has 0 aromatic heterocycles. The Morgan fingerprint density at radius 2 is 1.71 bits per heavy atom. The van der Waals surface area contributed by atoms with Gasteiger partial charge in [-0.25, -0.2) is 8.42 Å². The van der Waals surface area contributed by atoms with Gasteiger partial charge in [0, 0.05) is 6.26 Å². The van der Waals surface area contributed by atoms with Crippen LogP contribution in [-0.4, -0.2) is 25.0 Å². The molecular weight excluding hydrogens is 284 g/mol. The van der Waals surface area contributed by atoms with E-state index in [1.165, 1.54) is 6.26 Å². The van der Waals surface area contributed by atoms with Gasteiger partial charge < -0.3 is 5.11 Å². The first-order valence-electron chi connectivity index (χ1n) is 7.60. The first-order valence-corrected chi connectivity index (χ1v) is 9.56. The van der Waals surface area contributed by atoms with Gasteiger partial charge in [0.05, 0.1) is 10.9 Å². The number of aliphatic hydroxyl groups is 1. The summed E-state index contributed by atoms with van der Waals surface area (Å²) < 4.78 is 23.6. The standard InChI is InChI=1S/C17H26O3S/c1-12-8-13(2)10-15(9-12)17(3,18)14-6-5-7-16(11-14)21(4,19)20/h8-10,14,16,18H,5-7,11H2,1-4H3. The van der Waals surface area contributed by atoms with Crippen molar-refractivity contribution in [3.8, 4) is 0 Å². The number of hydrogen-bond donors (Lipinski definition) is 1. The fraction of sp³-hybridized carbons (Fsp3) is 0.647. The maximum absolute atomic E-state index is 11.8. The van der Waals surface area contributed by atoms with Crippen LogP contribution in [0.25, 0.3) is 0 Å². The number of aryl methyl sites for hydroxylation is 2. The molecule has 3 nitrogen and oxygen atoms in total. The fourth-order valence-electron chi connectivity index (χ4n) is 3.55. The zero-order chi connectivity index (χ0) is 15.8. The Bertz CT molecular complexity index is 597. The highest BCUT2D eigenvalue weighted by Gasteiger charge is 2.39. The lowest BCUT2D eigenvalue weighted by molar-refractivity contribution is -0.0209. The van der Waals surface area contributed by atoms with Crippen LogP contribution < -0.4 is 0 Å². The van der Waals surface area contributed by atoms with Crippen LogP contribution in [-0.2, 0) is 15.4 Å². The fourth-order valence-corrected chi connectivity index (χ4v) is 4.72. The molecule has 3 atom stereocenters. The van der Waals surface area contributed by atoms with Crippen molar-refractivity contribution in [2.45, 2.75) is 57.3 Å². The molecule has 1 fully saturated rings. The van der Waals surface area contributed by atoms with Gasteiger partial charge in [-0.15, -0.1) is 0 Å². The number of hydrogen-bond acceptors (Lipinski definition) is 3. The zero-order valence-electron chi connectivity index (χ0n) is 13.4. The van der Waals surface area contributed by atoms with Crippen molar-refractivity contribution in [3.05, 3.63) is 34.9 Å². The molecular formula is C17H26O3S. The average Bonchev–Trinajstić information content (AvgIpc) is 2.36. The van der Waals surface area contributed by atoms with Gasteiger partial charge in [0.15, 0.2) is 0 Å². The van der Waals surface area contributed by atoms with E-state index in [-0.39, 0.29) is 11.2 Å². The summed E-state index contributed by atoms with van der Waals surface area (Å²) in [5.74, 6) is -0.00725. The molecule has 118 valence electrons. The zero-order valence-corrected chi connectivity index (χ0v) is 14.2. The highest BCUT2D eigenvalue weighted by molar-refractivity contribution is 7.91. The van der Waals surface area contributed by atoms with Gasteiger partial charge in [-0.05, 0) is 51.5 Å². The second-order valence-corrected chi connectivity index (χ2v) is 9.16. The predicted molar refractivity (Wildman–Crippen MR) is 86.1 cm³/mol. The van der Waals surface area contributed by atoms with Crippen LogP contribution in [0.5, 0.6) is 0 Å². The Morgan fingerprint density at radius 1 is 1.14 bits per heavy atom. The molecule has 1 aromatic rings. The third-order valence-corrected chi connectivity index (χ3v) is 6.47. The molecule has 4 heteroatoms. The lowest BCUT2D eigenvalue weighted by atomic mass is 9.74. The first-order chi connectivity index (χ1) is 9.60. The third kappa shape index (κ3) is 3.67. The maximum Gasteiger partial charge on any atom is 0.150 e. The third-order valence-electron chi connectivity index (χ3n) is 4.83. The summed E-state index contributed by atoms with van der Waals surface area (Å²) in [6.45, 7) is 5.87. The summed E-state index contributed by atoms with van der Waals surface area (Å²) in [7, 11) is -3.03. The maximum atomic E-state index is 11.8. The van der Waals surface area contributed by atoms with Crippen molar-refractivity contribution in [2.75, 3.05) is 6.26 Å². The van der Waals surface area contributed by atoms with Gasteiger partial charge in [-0.3, -0.25) is 0 Å². The van der Waals surface area contributed by atoms with E-state index in [1.807, 2.05) is 32.9 Å². The van der Waals surface area contributed by atoms with Crippen LogP contribution >= 0.6 is 0 Å². The lowest BCUT2D eigenvalue weighted by Gasteiger charge is -2.38. The molecule has 0 saturated heterocycles. The highest BCUT2D eigenvalue weighted by atomic mass is 32.2. The normalized spacial score (nSPS) is 26.3. The Morgan fingerprint density at radius 3 is 2.24 bits per heavy atom. The Kier molecular flexibility index (Phi) is 4.50. The van der Waals surface area contributed by atoms with Crippen LogP contribution in [0.4, 0.5) is 0 Å². The Hall–Kier alpha value is -0.870. The molecule has 1 N–H and O–H groups in total. The van der Waals surface area contributed by atoms with Crippen molar-refractivity contribution in [1.29, 1.82) is 0 Å².